The largest absolute Gasteiger partial charge is 0.493 e. The van der Waals surface area contributed by atoms with Gasteiger partial charge in [-0.15, -0.1) is 0 Å². The van der Waals surface area contributed by atoms with Gasteiger partial charge in [-0.1, -0.05) is 6.07 Å². The molecule has 0 unspecified atom stereocenters. The zero-order chi connectivity index (χ0) is 18.0. The molecule has 0 aliphatic carbocycles. The third kappa shape index (κ3) is 3.40. The van der Waals surface area contributed by atoms with Gasteiger partial charge in [0.25, 0.3) is 0 Å². The molecule has 2 aromatic heterocycles. The number of benzene rings is 1. The van der Waals surface area contributed by atoms with Crippen LogP contribution in [0.3, 0.4) is 0 Å². The predicted octanol–water partition coefficient (Wildman–Crippen LogP) is 3.40. The number of nitrogens with zero attached hydrogens (tertiary/aromatic N) is 4. The van der Waals surface area contributed by atoms with E-state index in [4.69, 9.17) is 14.2 Å². The summed E-state index contributed by atoms with van der Waals surface area (Å²) in [5.74, 6) is 3.19. The fourth-order valence-electron chi connectivity index (χ4n) is 2.57. The second kappa shape index (κ2) is 6.80. The molecule has 0 saturated carbocycles. The van der Waals surface area contributed by atoms with Gasteiger partial charge < -0.3 is 14.2 Å². The topological polar surface area (TPSA) is 71.3 Å². The summed E-state index contributed by atoms with van der Waals surface area (Å²) in [4.78, 5) is 8.81. The van der Waals surface area contributed by atoms with Crippen LogP contribution >= 0.6 is 0 Å². The van der Waals surface area contributed by atoms with Crippen LogP contribution in [-0.2, 0) is 0 Å². The highest BCUT2D eigenvalue weighted by atomic mass is 16.5. The summed E-state index contributed by atoms with van der Waals surface area (Å²) in [5, 5.41) is 4.46. The van der Waals surface area contributed by atoms with Gasteiger partial charge in [0.1, 0.15) is 5.82 Å². The molecule has 0 N–H and O–H groups in total. The molecule has 0 amide bonds. The van der Waals surface area contributed by atoms with E-state index in [9.17, 15) is 0 Å². The summed E-state index contributed by atoms with van der Waals surface area (Å²) in [6, 6.07) is 9.15. The predicted molar refractivity (Wildman–Crippen MR) is 93.0 cm³/mol. The van der Waals surface area contributed by atoms with Gasteiger partial charge in [-0.2, -0.15) is 10.1 Å². The van der Waals surface area contributed by atoms with Crippen molar-refractivity contribution >= 4 is 0 Å². The quantitative estimate of drug-likeness (QED) is 0.709. The zero-order valence-corrected chi connectivity index (χ0v) is 14.9. The zero-order valence-electron chi connectivity index (χ0n) is 14.9. The van der Waals surface area contributed by atoms with Crippen LogP contribution < -0.4 is 14.2 Å². The number of rotatable bonds is 5. The smallest absolute Gasteiger partial charge is 0.225 e. The van der Waals surface area contributed by atoms with Crippen molar-refractivity contribution in [2.24, 2.45) is 0 Å². The number of aromatic nitrogens is 4. The van der Waals surface area contributed by atoms with E-state index in [0.29, 0.717) is 34.8 Å². The maximum Gasteiger partial charge on any atom is 0.225 e. The maximum atomic E-state index is 5.97. The van der Waals surface area contributed by atoms with Gasteiger partial charge in [-0.05, 0) is 39.0 Å². The van der Waals surface area contributed by atoms with Gasteiger partial charge in [-0.25, -0.2) is 9.67 Å². The van der Waals surface area contributed by atoms with Gasteiger partial charge in [-0.3, -0.25) is 0 Å². The van der Waals surface area contributed by atoms with Crippen LogP contribution in [0, 0.1) is 20.8 Å². The van der Waals surface area contributed by atoms with Crippen molar-refractivity contribution in [3.8, 4) is 28.9 Å². The van der Waals surface area contributed by atoms with E-state index in [1.807, 2.05) is 32.9 Å². The van der Waals surface area contributed by atoms with E-state index in [1.54, 1.807) is 37.1 Å². The fraction of sp³-hybridized carbons (Fsp3) is 0.278. The Morgan fingerprint density at radius 1 is 0.920 bits per heavy atom. The minimum absolute atomic E-state index is 0.387. The first-order valence-electron chi connectivity index (χ1n) is 7.80. The average molecular weight is 340 g/mol. The first-order valence-corrected chi connectivity index (χ1v) is 7.80. The van der Waals surface area contributed by atoms with Crippen molar-refractivity contribution in [2.75, 3.05) is 14.2 Å². The lowest BCUT2D eigenvalue weighted by Gasteiger charge is -2.14. The Kier molecular flexibility index (Phi) is 4.56. The van der Waals surface area contributed by atoms with Gasteiger partial charge >= 0.3 is 0 Å². The van der Waals surface area contributed by atoms with Crippen LogP contribution in [0.5, 0.6) is 23.1 Å². The lowest BCUT2D eigenvalue weighted by molar-refractivity contribution is 0.341. The van der Waals surface area contributed by atoms with E-state index in [1.165, 1.54) is 0 Å². The number of hydrogen-bond donors (Lipinski definition) is 0. The molecule has 0 saturated heterocycles. The highest BCUT2D eigenvalue weighted by Gasteiger charge is 2.15. The minimum atomic E-state index is 0.387. The second-order valence-corrected chi connectivity index (χ2v) is 5.54. The molecule has 3 rings (SSSR count). The van der Waals surface area contributed by atoms with Crippen molar-refractivity contribution in [2.45, 2.75) is 20.8 Å². The summed E-state index contributed by atoms with van der Waals surface area (Å²) in [6.45, 7) is 5.72. The Balaban J connectivity index is 2.04. The summed E-state index contributed by atoms with van der Waals surface area (Å²) in [7, 11) is 3.16. The SMILES string of the molecule is COc1cccc(OC)c1Oc1cc(-n2nc(C)cc2C)nc(C)n1. The number of aryl methyl sites for hydroxylation is 3. The first-order chi connectivity index (χ1) is 12.0. The molecule has 1 aromatic carbocycles. The highest BCUT2D eigenvalue weighted by molar-refractivity contribution is 5.52. The number of methoxy groups -OCH3 is 2. The van der Waals surface area contributed by atoms with Crippen molar-refractivity contribution in [1.82, 2.24) is 19.7 Å². The van der Waals surface area contributed by atoms with E-state index < -0.39 is 0 Å². The van der Waals surface area contributed by atoms with Crippen LogP contribution in [-0.4, -0.2) is 34.0 Å². The van der Waals surface area contributed by atoms with Crippen molar-refractivity contribution in [3.05, 3.63) is 47.5 Å². The highest BCUT2D eigenvalue weighted by Crippen LogP contribution is 2.39. The molecule has 0 fully saturated rings. The lowest BCUT2D eigenvalue weighted by Crippen LogP contribution is -2.05. The first kappa shape index (κ1) is 16.8. The van der Waals surface area contributed by atoms with E-state index >= 15 is 0 Å². The molecule has 25 heavy (non-hydrogen) atoms. The number of ether oxygens (including phenoxy) is 3. The molecule has 0 atom stereocenters. The summed E-state index contributed by atoms with van der Waals surface area (Å²) in [6.07, 6.45) is 0. The molecular weight excluding hydrogens is 320 g/mol. The molecule has 0 bridgehead atoms. The van der Waals surface area contributed by atoms with E-state index in [0.717, 1.165) is 11.4 Å². The molecular formula is C18H20N4O3. The third-order valence-corrected chi connectivity index (χ3v) is 3.62. The van der Waals surface area contributed by atoms with Crippen LogP contribution in [0.25, 0.3) is 5.82 Å². The molecule has 2 heterocycles. The van der Waals surface area contributed by atoms with Crippen LogP contribution in [0.1, 0.15) is 17.2 Å². The summed E-state index contributed by atoms with van der Waals surface area (Å²) >= 11 is 0. The Hall–Kier alpha value is -3.09. The Morgan fingerprint density at radius 3 is 2.16 bits per heavy atom. The van der Waals surface area contributed by atoms with Gasteiger partial charge in [0.15, 0.2) is 17.3 Å². The van der Waals surface area contributed by atoms with Crippen molar-refractivity contribution in [1.29, 1.82) is 0 Å². The van der Waals surface area contributed by atoms with Crippen molar-refractivity contribution < 1.29 is 14.2 Å². The van der Waals surface area contributed by atoms with Crippen LogP contribution in [0.15, 0.2) is 30.3 Å². The molecule has 130 valence electrons. The van der Waals surface area contributed by atoms with Crippen LogP contribution in [0.4, 0.5) is 0 Å². The Labute approximate surface area is 146 Å². The summed E-state index contributed by atoms with van der Waals surface area (Å²) in [5.41, 5.74) is 1.90. The van der Waals surface area contributed by atoms with Crippen LogP contribution in [0.2, 0.25) is 0 Å². The third-order valence-electron chi connectivity index (χ3n) is 3.62. The Bertz CT molecular complexity index is 883. The average Bonchev–Trinajstić information content (AvgIpc) is 2.93. The Morgan fingerprint density at radius 2 is 1.60 bits per heavy atom. The monoisotopic (exact) mass is 340 g/mol. The molecule has 3 aromatic rings. The minimum Gasteiger partial charge on any atom is -0.493 e. The van der Waals surface area contributed by atoms with E-state index in [2.05, 4.69) is 15.1 Å². The van der Waals surface area contributed by atoms with Gasteiger partial charge in [0, 0.05) is 11.8 Å². The maximum absolute atomic E-state index is 5.97. The second-order valence-electron chi connectivity index (χ2n) is 5.54. The fourth-order valence-corrected chi connectivity index (χ4v) is 2.57. The molecule has 7 heteroatoms. The molecule has 0 radical (unpaired) electrons. The number of para-hydroxylation sites is 1. The molecule has 0 spiro atoms. The molecule has 0 aliphatic heterocycles. The van der Waals surface area contributed by atoms with Gasteiger partial charge in [0.2, 0.25) is 11.6 Å². The summed E-state index contributed by atoms with van der Waals surface area (Å²) < 4.78 is 18.5. The lowest BCUT2D eigenvalue weighted by atomic mass is 10.3. The van der Waals surface area contributed by atoms with Gasteiger partial charge in [0.05, 0.1) is 19.9 Å². The molecule has 7 nitrogen and oxygen atoms in total. The van der Waals surface area contributed by atoms with E-state index in [-0.39, 0.29) is 0 Å². The normalized spacial score (nSPS) is 10.6. The number of hydrogen-bond acceptors (Lipinski definition) is 6. The molecule has 0 aliphatic rings. The standard InChI is InChI=1S/C18H20N4O3/c1-11-9-12(2)22(21-11)16-10-17(20-13(3)19-16)25-18-14(23-4)7-6-8-15(18)24-5/h6-10H,1-5H3. The van der Waals surface area contributed by atoms with Crippen molar-refractivity contribution in [3.63, 3.8) is 0 Å².